The van der Waals surface area contributed by atoms with Crippen molar-refractivity contribution in [3.63, 3.8) is 0 Å². The third-order valence-electron chi connectivity index (χ3n) is 6.20. The molecule has 2 aromatic carbocycles. The lowest BCUT2D eigenvalue weighted by Gasteiger charge is -2.25. The number of aliphatic carboxylic acids is 1. The van der Waals surface area contributed by atoms with Crippen LogP contribution in [0.2, 0.25) is 0 Å². The Morgan fingerprint density at radius 3 is 2.22 bits per heavy atom. The summed E-state index contributed by atoms with van der Waals surface area (Å²) in [5.74, 6) is -1.61. The van der Waals surface area contributed by atoms with Crippen molar-refractivity contribution in [2.24, 2.45) is 5.92 Å². The van der Waals surface area contributed by atoms with Crippen LogP contribution in [0.5, 0.6) is 0 Å². The van der Waals surface area contributed by atoms with Gasteiger partial charge in [-0.05, 0) is 47.9 Å². The lowest BCUT2D eigenvalue weighted by Crippen LogP contribution is -2.53. The molecule has 0 aliphatic heterocycles. The normalized spacial score (nSPS) is 16.7. The standard InChI is InChI=1S/C25H26N2O5/c1-25(23(29)30,16-12-13-16)27-22(28)11-6-14-26-24(31)32-15-21-19-9-4-2-7-17(19)18-8-3-5-10-20(18)21/h2-11,16,21H,12-15H2,1H3,(H,26,31)(H,27,28)(H,29,30)/b11-6+. The predicted octanol–water partition coefficient (Wildman–Crippen LogP) is 3.45. The molecule has 0 saturated heterocycles. The minimum absolute atomic E-state index is 0.0226. The Hall–Kier alpha value is -3.61. The number of amides is 2. The molecular formula is C25H26N2O5. The molecule has 1 unspecified atom stereocenters. The first-order valence-electron chi connectivity index (χ1n) is 10.7. The highest BCUT2D eigenvalue weighted by atomic mass is 16.5. The molecule has 7 heteroatoms. The number of hydrogen-bond donors (Lipinski definition) is 3. The first kappa shape index (κ1) is 21.6. The van der Waals surface area contributed by atoms with Crippen LogP contribution in [-0.4, -0.2) is 41.8 Å². The van der Waals surface area contributed by atoms with E-state index in [1.54, 1.807) is 0 Å². The van der Waals surface area contributed by atoms with Crippen LogP contribution in [0.3, 0.4) is 0 Å². The molecule has 32 heavy (non-hydrogen) atoms. The van der Waals surface area contributed by atoms with Gasteiger partial charge in [-0.2, -0.15) is 0 Å². The van der Waals surface area contributed by atoms with Crippen molar-refractivity contribution in [3.05, 3.63) is 71.8 Å². The molecule has 4 rings (SSSR count). The number of nitrogens with one attached hydrogen (secondary N) is 2. The Kier molecular flexibility index (Phi) is 5.99. The average Bonchev–Trinajstić information content (AvgIpc) is 3.59. The molecular weight excluding hydrogens is 408 g/mol. The molecule has 0 aromatic heterocycles. The molecule has 1 fully saturated rings. The maximum Gasteiger partial charge on any atom is 0.407 e. The van der Waals surface area contributed by atoms with Crippen LogP contribution in [0, 0.1) is 5.92 Å². The van der Waals surface area contributed by atoms with Crippen molar-refractivity contribution < 1.29 is 24.2 Å². The second-order valence-electron chi connectivity index (χ2n) is 8.38. The summed E-state index contributed by atoms with van der Waals surface area (Å²) in [5, 5.41) is 14.5. The fourth-order valence-electron chi connectivity index (χ4n) is 4.25. The van der Waals surface area contributed by atoms with Crippen molar-refractivity contribution in [3.8, 4) is 11.1 Å². The van der Waals surface area contributed by atoms with Gasteiger partial charge < -0.3 is 20.5 Å². The number of fused-ring (bicyclic) bond motifs is 3. The van der Waals surface area contributed by atoms with Gasteiger partial charge in [-0.1, -0.05) is 54.6 Å². The van der Waals surface area contributed by atoms with Crippen LogP contribution < -0.4 is 10.6 Å². The van der Waals surface area contributed by atoms with Gasteiger partial charge in [0.1, 0.15) is 12.1 Å². The van der Waals surface area contributed by atoms with Gasteiger partial charge in [0.15, 0.2) is 0 Å². The van der Waals surface area contributed by atoms with Crippen LogP contribution in [0.25, 0.3) is 11.1 Å². The highest BCUT2D eigenvalue weighted by molar-refractivity contribution is 5.93. The van der Waals surface area contributed by atoms with Crippen LogP contribution in [0.15, 0.2) is 60.7 Å². The highest BCUT2D eigenvalue weighted by Crippen LogP contribution is 2.44. The molecule has 0 bridgehead atoms. The highest BCUT2D eigenvalue weighted by Gasteiger charge is 2.48. The van der Waals surface area contributed by atoms with E-state index in [1.165, 1.54) is 19.1 Å². The number of hydrogen-bond acceptors (Lipinski definition) is 4. The number of rotatable bonds is 8. The summed E-state index contributed by atoms with van der Waals surface area (Å²) in [4.78, 5) is 35.7. The van der Waals surface area contributed by atoms with E-state index in [2.05, 4.69) is 34.9 Å². The van der Waals surface area contributed by atoms with Crippen molar-refractivity contribution in [1.29, 1.82) is 0 Å². The molecule has 2 aliphatic carbocycles. The number of carbonyl (C=O) groups excluding carboxylic acids is 2. The Morgan fingerprint density at radius 1 is 1.06 bits per heavy atom. The van der Waals surface area contributed by atoms with Crippen molar-refractivity contribution in [2.45, 2.75) is 31.2 Å². The Bertz CT molecular complexity index is 1030. The van der Waals surface area contributed by atoms with E-state index >= 15 is 0 Å². The first-order chi connectivity index (χ1) is 15.4. The average molecular weight is 434 g/mol. The molecule has 1 saturated carbocycles. The molecule has 1 atom stereocenters. The third kappa shape index (κ3) is 4.37. The van der Waals surface area contributed by atoms with Crippen LogP contribution in [0.1, 0.15) is 36.8 Å². The number of ether oxygens (including phenoxy) is 1. The molecule has 2 aliphatic rings. The van der Waals surface area contributed by atoms with Gasteiger partial charge in [-0.25, -0.2) is 9.59 Å². The summed E-state index contributed by atoms with van der Waals surface area (Å²) in [6.07, 6.45) is 3.69. The third-order valence-corrected chi connectivity index (χ3v) is 6.20. The van der Waals surface area contributed by atoms with Crippen LogP contribution in [0.4, 0.5) is 4.79 Å². The molecule has 0 radical (unpaired) electrons. The fourth-order valence-corrected chi connectivity index (χ4v) is 4.25. The van der Waals surface area contributed by atoms with E-state index in [4.69, 9.17) is 4.74 Å². The van der Waals surface area contributed by atoms with Gasteiger partial charge in [0.25, 0.3) is 0 Å². The second-order valence-corrected chi connectivity index (χ2v) is 8.38. The lowest BCUT2D eigenvalue weighted by molar-refractivity contribution is -0.147. The maximum atomic E-state index is 12.1. The van der Waals surface area contributed by atoms with Crippen molar-refractivity contribution >= 4 is 18.0 Å². The van der Waals surface area contributed by atoms with Crippen LogP contribution >= 0.6 is 0 Å². The van der Waals surface area contributed by atoms with Crippen molar-refractivity contribution in [1.82, 2.24) is 10.6 Å². The minimum atomic E-state index is -1.26. The molecule has 166 valence electrons. The second kappa shape index (κ2) is 8.86. The number of carboxylic acid groups (broad SMARTS) is 1. The summed E-state index contributed by atoms with van der Waals surface area (Å²) in [7, 11) is 0. The Balaban J connectivity index is 1.26. The van der Waals surface area contributed by atoms with Gasteiger partial charge in [0.05, 0.1) is 0 Å². The summed E-state index contributed by atoms with van der Waals surface area (Å²) < 4.78 is 5.44. The molecule has 7 nitrogen and oxygen atoms in total. The SMILES string of the molecule is CC(NC(=O)/C=C/CNC(=O)OCC1c2ccccc2-c2ccccc21)(C(=O)O)C1CC1. The summed E-state index contributed by atoms with van der Waals surface area (Å²) in [5.41, 5.74) is 3.32. The largest absolute Gasteiger partial charge is 0.480 e. The zero-order valence-corrected chi connectivity index (χ0v) is 17.8. The first-order valence-corrected chi connectivity index (χ1v) is 10.7. The quantitative estimate of drug-likeness (QED) is 0.552. The molecule has 0 spiro atoms. The number of benzene rings is 2. The van der Waals surface area contributed by atoms with E-state index in [0.29, 0.717) is 0 Å². The fraction of sp³-hybridized carbons (Fsp3) is 0.320. The minimum Gasteiger partial charge on any atom is -0.480 e. The topological polar surface area (TPSA) is 105 Å². The Morgan fingerprint density at radius 2 is 1.66 bits per heavy atom. The molecule has 2 amide bonds. The molecule has 3 N–H and O–H groups in total. The smallest absolute Gasteiger partial charge is 0.407 e. The summed E-state index contributed by atoms with van der Waals surface area (Å²) in [6.45, 7) is 1.83. The van der Waals surface area contributed by atoms with E-state index < -0.39 is 23.5 Å². The van der Waals surface area contributed by atoms with Gasteiger partial charge in [0.2, 0.25) is 5.91 Å². The van der Waals surface area contributed by atoms with Gasteiger partial charge >= 0.3 is 12.1 Å². The van der Waals surface area contributed by atoms with E-state index in [1.807, 2.05) is 24.3 Å². The summed E-state index contributed by atoms with van der Waals surface area (Å²) >= 11 is 0. The zero-order chi connectivity index (χ0) is 22.7. The van der Waals surface area contributed by atoms with Crippen LogP contribution in [-0.2, 0) is 14.3 Å². The number of carbonyl (C=O) groups is 3. The van der Waals surface area contributed by atoms with E-state index in [9.17, 15) is 19.5 Å². The zero-order valence-electron chi connectivity index (χ0n) is 17.8. The van der Waals surface area contributed by atoms with E-state index in [0.717, 1.165) is 35.1 Å². The maximum absolute atomic E-state index is 12.1. The van der Waals surface area contributed by atoms with E-state index in [-0.39, 0.29) is 25.0 Å². The molecule has 2 aromatic rings. The lowest BCUT2D eigenvalue weighted by atomic mass is 9.96. The predicted molar refractivity (Wildman–Crippen MR) is 119 cm³/mol. The van der Waals surface area contributed by atoms with Gasteiger partial charge in [0, 0.05) is 18.5 Å². The number of carboxylic acids is 1. The summed E-state index contributed by atoms with van der Waals surface area (Å²) in [6, 6.07) is 16.2. The monoisotopic (exact) mass is 434 g/mol. The van der Waals surface area contributed by atoms with Crippen molar-refractivity contribution in [2.75, 3.05) is 13.2 Å². The van der Waals surface area contributed by atoms with Gasteiger partial charge in [-0.3, -0.25) is 4.79 Å². The Labute approximate surface area is 186 Å². The number of alkyl carbamates (subject to hydrolysis) is 1. The molecule has 0 heterocycles. The van der Waals surface area contributed by atoms with Gasteiger partial charge in [-0.15, -0.1) is 0 Å².